The lowest BCUT2D eigenvalue weighted by Gasteiger charge is -2.33. The Kier molecular flexibility index (Phi) is 8.52. The van der Waals surface area contributed by atoms with Crippen molar-refractivity contribution >= 4 is 17.1 Å². The van der Waals surface area contributed by atoms with Crippen molar-refractivity contribution in [3.05, 3.63) is 0 Å². The number of aliphatic hydroxyl groups excluding tert-OH is 1. The van der Waals surface area contributed by atoms with Crippen LogP contribution < -0.4 is 0 Å². The summed E-state index contributed by atoms with van der Waals surface area (Å²) in [5.74, 6) is 0. The molecule has 0 aliphatic heterocycles. The fourth-order valence-electron chi connectivity index (χ4n) is 1.69. The highest BCUT2D eigenvalue weighted by atomic mass is 28.5. The fourth-order valence-corrected chi connectivity index (χ4v) is 7.98. The monoisotopic (exact) mass is 296 g/mol. The predicted molar refractivity (Wildman–Crippen MR) is 76.1 cm³/mol. The summed E-state index contributed by atoms with van der Waals surface area (Å²) in [7, 11) is 0.701. The molecule has 0 amide bonds. The van der Waals surface area contributed by atoms with Crippen molar-refractivity contribution in [3.8, 4) is 0 Å². The van der Waals surface area contributed by atoms with E-state index in [0.717, 1.165) is 12.5 Å². The van der Waals surface area contributed by atoms with E-state index in [1.807, 2.05) is 19.6 Å². The summed E-state index contributed by atoms with van der Waals surface area (Å²) in [6.07, 6.45) is 1.17. The van der Waals surface area contributed by atoms with Gasteiger partial charge in [-0.2, -0.15) is 0 Å². The van der Waals surface area contributed by atoms with Crippen molar-refractivity contribution in [3.63, 3.8) is 0 Å². The van der Waals surface area contributed by atoms with E-state index in [2.05, 4.69) is 0 Å². The molecule has 0 aromatic rings. The van der Waals surface area contributed by atoms with Gasteiger partial charge in [0, 0.05) is 21.3 Å². The Labute approximate surface area is 113 Å². The normalized spacial score (nSPS) is 17.5. The highest BCUT2D eigenvalue weighted by Crippen LogP contribution is 2.22. The summed E-state index contributed by atoms with van der Waals surface area (Å²) in [5.41, 5.74) is 0. The van der Waals surface area contributed by atoms with Gasteiger partial charge in [0.15, 0.2) is 0 Å². The first-order valence-corrected chi connectivity index (χ1v) is 11.6. The zero-order valence-corrected chi connectivity index (χ0v) is 14.5. The molecule has 18 heavy (non-hydrogen) atoms. The van der Waals surface area contributed by atoms with Gasteiger partial charge in [-0.3, -0.25) is 0 Å². The molecule has 2 unspecified atom stereocenters. The van der Waals surface area contributed by atoms with E-state index >= 15 is 0 Å². The fraction of sp³-hybridized carbons (Fsp3) is 1.00. The first-order valence-electron chi connectivity index (χ1n) is 6.26. The van der Waals surface area contributed by atoms with Crippen LogP contribution in [0.5, 0.6) is 0 Å². The Morgan fingerprint density at radius 2 is 1.67 bits per heavy atom. The number of methoxy groups -OCH3 is 1. The van der Waals surface area contributed by atoms with Crippen LogP contribution in [0.15, 0.2) is 0 Å². The van der Waals surface area contributed by atoms with Crippen molar-refractivity contribution in [2.75, 3.05) is 27.9 Å². The van der Waals surface area contributed by atoms with Crippen LogP contribution in [0.4, 0.5) is 0 Å². The zero-order chi connectivity index (χ0) is 14.2. The van der Waals surface area contributed by atoms with E-state index < -0.39 is 23.2 Å². The Hall–Kier alpha value is 0.234. The molecule has 2 atom stereocenters. The lowest BCUT2D eigenvalue weighted by atomic mass is 10.2. The maximum absolute atomic E-state index is 9.59. The molecule has 0 rings (SSSR count). The maximum Gasteiger partial charge on any atom is 0.325 e. The molecule has 0 aliphatic carbocycles. The summed E-state index contributed by atoms with van der Waals surface area (Å²) >= 11 is 0. The smallest absolute Gasteiger partial charge is 0.325 e. The van der Waals surface area contributed by atoms with Gasteiger partial charge >= 0.3 is 17.1 Å². The number of aliphatic hydroxyl groups is 1. The quantitative estimate of drug-likeness (QED) is 0.624. The molecule has 5 nitrogen and oxygen atoms in total. The van der Waals surface area contributed by atoms with E-state index in [9.17, 15) is 5.11 Å². The Morgan fingerprint density at radius 1 is 1.06 bits per heavy atom. The second-order valence-electron chi connectivity index (χ2n) is 5.05. The highest BCUT2D eigenvalue weighted by molar-refractivity contribution is 6.79. The average Bonchev–Trinajstić information content (AvgIpc) is 2.29. The summed E-state index contributed by atoms with van der Waals surface area (Å²) in [6, 6.07) is 0.851. The van der Waals surface area contributed by atoms with E-state index in [4.69, 9.17) is 17.7 Å². The summed E-state index contributed by atoms with van der Waals surface area (Å²) in [4.78, 5) is 0. The molecular weight excluding hydrogens is 268 g/mol. The molecule has 0 spiro atoms. The topological polar surface area (TPSA) is 57.2 Å². The average molecular weight is 297 g/mol. The molecule has 0 aliphatic rings. The van der Waals surface area contributed by atoms with Crippen LogP contribution in [0.3, 0.4) is 0 Å². The Balaban J connectivity index is 4.15. The highest BCUT2D eigenvalue weighted by Gasteiger charge is 2.38. The van der Waals surface area contributed by atoms with Crippen molar-refractivity contribution in [2.24, 2.45) is 0 Å². The second-order valence-corrected chi connectivity index (χ2v) is 12.2. The summed E-state index contributed by atoms with van der Waals surface area (Å²) < 4.78 is 22.0. The third kappa shape index (κ3) is 7.62. The first-order chi connectivity index (χ1) is 8.28. The van der Waals surface area contributed by atoms with Gasteiger partial charge in [0.25, 0.3) is 0 Å². The van der Waals surface area contributed by atoms with E-state index in [1.165, 1.54) is 0 Å². The molecule has 7 heteroatoms. The molecule has 0 saturated heterocycles. The summed E-state index contributed by atoms with van der Waals surface area (Å²) in [6.45, 7) is 6.45. The molecule has 0 saturated carbocycles. The van der Waals surface area contributed by atoms with E-state index in [0.29, 0.717) is 13.0 Å². The minimum atomic E-state index is -2.18. The van der Waals surface area contributed by atoms with Gasteiger partial charge in [0.05, 0.1) is 12.7 Å². The van der Waals surface area contributed by atoms with Gasteiger partial charge in [-0.15, -0.1) is 0 Å². The van der Waals surface area contributed by atoms with Crippen LogP contribution in [-0.4, -0.2) is 56.3 Å². The van der Waals surface area contributed by atoms with E-state index in [-0.39, 0.29) is 0 Å². The summed E-state index contributed by atoms with van der Waals surface area (Å²) in [5, 5.41) is 9.59. The Bertz CT molecular complexity index is 227. The number of hydrogen-bond donors (Lipinski definition) is 1. The molecule has 0 aromatic heterocycles. The van der Waals surface area contributed by atoms with Gasteiger partial charge in [-0.1, -0.05) is 0 Å². The lowest BCUT2D eigenvalue weighted by Crippen LogP contribution is -2.49. The van der Waals surface area contributed by atoms with Gasteiger partial charge in [-0.25, -0.2) is 0 Å². The standard InChI is InChI=1S/C11H28O5Si2/c1-13-10-11(12)8-7-9-18(6,15-3)16-17(4,5)14-2/h11-12H,7-10H2,1-6H3. The third-order valence-electron chi connectivity index (χ3n) is 2.91. The lowest BCUT2D eigenvalue weighted by molar-refractivity contribution is 0.0584. The molecule has 110 valence electrons. The second kappa shape index (κ2) is 8.41. The maximum atomic E-state index is 9.59. The molecule has 0 aromatic carbocycles. The largest absolute Gasteiger partial charge is 0.415 e. The number of hydrogen-bond acceptors (Lipinski definition) is 5. The van der Waals surface area contributed by atoms with Crippen LogP contribution in [0.1, 0.15) is 12.8 Å². The van der Waals surface area contributed by atoms with Crippen molar-refractivity contribution in [2.45, 2.75) is 44.6 Å². The van der Waals surface area contributed by atoms with Crippen molar-refractivity contribution in [1.82, 2.24) is 0 Å². The van der Waals surface area contributed by atoms with Crippen LogP contribution in [0.2, 0.25) is 25.7 Å². The van der Waals surface area contributed by atoms with Crippen molar-refractivity contribution < 1.29 is 22.8 Å². The SMILES string of the molecule is COCC(O)CCC[Si](C)(OC)O[Si](C)(C)OC. The number of rotatable bonds is 10. The Morgan fingerprint density at radius 3 is 2.11 bits per heavy atom. The van der Waals surface area contributed by atoms with Gasteiger partial charge in [0.2, 0.25) is 0 Å². The van der Waals surface area contributed by atoms with Gasteiger partial charge < -0.3 is 22.8 Å². The van der Waals surface area contributed by atoms with Crippen molar-refractivity contribution in [1.29, 1.82) is 0 Å². The molecule has 0 bridgehead atoms. The first kappa shape index (κ1) is 18.2. The molecular formula is C11H28O5Si2. The zero-order valence-electron chi connectivity index (χ0n) is 12.5. The van der Waals surface area contributed by atoms with Crippen LogP contribution in [0, 0.1) is 0 Å². The van der Waals surface area contributed by atoms with E-state index in [1.54, 1.807) is 21.3 Å². The minimum Gasteiger partial charge on any atom is -0.415 e. The molecule has 1 N–H and O–H groups in total. The third-order valence-corrected chi connectivity index (χ3v) is 9.71. The number of ether oxygens (including phenoxy) is 1. The predicted octanol–water partition coefficient (Wildman–Crippen LogP) is 1.86. The molecule has 0 heterocycles. The van der Waals surface area contributed by atoms with Crippen LogP contribution in [-0.2, 0) is 17.7 Å². The minimum absolute atomic E-state index is 0.379. The van der Waals surface area contributed by atoms with Crippen LogP contribution >= 0.6 is 0 Å². The van der Waals surface area contributed by atoms with Crippen LogP contribution in [0.25, 0.3) is 0 Å². The molecule has 0 radical (unpaired) electrons. The molecule has 0 fully saturated rings. The van der Waals surface area contributed by atoms with Gasteiger partial charge in [-0.05, 0) is 38.5 Å². The van der Waals surface area contributed by atoms with Gasteiger partial charge in [0.1, 0.15) is 0 Å².